The Balaban J connectivity index is -0.0000000234. The van der Waals surface area contributed by atoms with Crippen LogP contribution in [0.15, 0.2) is 0 Å². The first-order valence-electron chi connectivity index (χ1n) is 5.20. The van der Waals surface area contributed by atoms with Crippen molar-refractivity contribution in [2.24, 2.45) is 0 Å². The van der Waals surface area contributed by atoms with Crippen molar-refractivity contribution in [1.29, 1.82) is 5.41 Å². The smallest absolute Gasteiger partial charge is 0.231 e. The maximum absolute atomic E-state index is 9.87. The molecule has 0 unspecified atom stereocenters. The molecule has 0 rings (SSSR count). The molecule has 0 heterocycles. The van der Waals surface area contributed by atoms with Gasteiger partial charge in [0.05, 0.1) is 0 Å². The van der Waals surface area contributed by atoms with Crippen LogP contribution in [-0.4, -0.2) is 55.9 Å². The maximum atomic E-state index is 9.87. The zero-order valence-corrected chi connectivity index (χ0v) is 11.9. The zero-order chi connectivity index (χ0) is 14.9. The van der Waals surface area contributed by atoms with Gasteiger partial charge in [-0.15, -0.1) is 0 Å². The van der Waals surface area contributed by atoms with Gasteiger partial charge < -0.3 is 9.80 Å². The molecule has 20 heavy (non-hydrogen) atoms. The number of nitrogens with one attached hydrogen (secondary N) is 1. The number of amides is 2. The summed E-state index contributed by atoms with van der Waals surface area (Å²) < 4.78 is 0. The summed E-state index contributed by atoms with van der Waals surface area (Å²) in [7, 11) is 5.14. The van der Waals surface area contributed by atoms with Crippen LogP contribution in [-0.2, 0) is 14.4 Å². The van der Waals surface area contributed by atoms with E-state index >= 15 is 0 Å². The number of isocyanates is 1. The highest BCUT2D eigenvalue weighted by molar-refractivity contribution is 5.46. The molecular weight excluding hydrogens is 258 g/mol. The van der Waals surface area contributed by atoms with E-state index in [9.17, 15) is 9.59 Å². The lowest BCUT2D eigenvalue weighted by atomic mass is 10.4. The average molecular weight is 295 g/mol. The molecule has 0 aliphatic heterocycles. The molecule has 0 saturated heterocycles. The summed E-state index contributed by atoms with van der Waals surface area (Å²) in [6, 6.07) is 0.331. The molecule has 0 saturated carbocycles. The van der Waals surface area contributed by atoms with Gasteiger partial charge >= 0.3 is 0 Å². The van der Waals surface area contributed by atoms with Crippen molar-refractivity contribution in [2.75, 3.05) is 21.1 Å². The molecule has 0 spiro atoms. The van der Waals surface area contributed by atoms with E-state index in [0.29, 0.717) is 6.04 Å². The third-order valence-corrected chi connectivity index (χ3v) is 1.19. The first-order chi connectivity index (χ1) is 7.87. The number of nitrogens with zero attached hydrogens (tertiary/aromatic N) is 2. The Labute approximate surface area is 126 Å². The lowest BCUT2D eigenvalue weighted by molar-refractivity contribution is -0.118. The summed E-state index contributed by atoms with van der Waals surface area (Å²) in [6.07, 6.45) is 2.32. The van der Waals surface area contributed by atoms with Crippen molar-refractivity contribution in [3.05, 3.63) is 0 Å². The van der Waals surface area contributed by atoms with Crippen molar-refractivity contribution in [3.8, 4) is 0 Å². The normalized spacial score (nSPS) is 5.60. The van der Waals surface area contributed by atoms with E-state index in [1.165, 1.54) is 4.90 Å². The molecule has 0 fully saturated rings. The number of carbonyl (C=O) groups excluding carboxylic acids is 3. The van der Waals surface area contributed by atoms with Gasteiger partial charge in [-0.2, -0.15) is 0 Å². The number of carbonyl (C=O) groups is 2. The van der Waals surface area contributed by atoms with Crippen LogP contribution < -0.4 is 0 Å². The summed E-state index contributed by atoms with van der Waals surface area (Å²) in [4.78, 5) is 30.7. The average Bonchev–Trinajstić information content (AvgIpc) is 2.32. The second-order valence-electron chi connectivity index (χ2n) is 3.04. The Morgan fingerprint density at radius 2 is 1.15 bits per heavy atom. The SMILES string of the molecule is C.C.C.CC.CC(C)N(C)C=O.CN(C)C=O.N=C=O. The molecule has 0 aromatic carbocycles. The fourth-order valence-electron chi connectivity index (χ4n) is 0.122. The fourth-order valence-corrected chi connectivity index (χ4v) is 0.122. The van der Waals surface area contributed by atoms with E-state index in [1.807, 2.05) is 27.7 Å². The molecule has 0 aromatic heterocycles. The Kier molecular flexibility index (Phi) is 92.9. The maximum Gasteiger partial charge on any atom is 0.231 e. The van der Waals surface area contributed by atoms with Crippen molar-refractivity contribution in [2.45, 2.75) is 56.0 Å². The summed E-state index contributed by atoms with van der Waals surface area (Å²) >= 11 is 0. The highest BCUT2D eigenvalue weighted by Crippen LogP contribution is 1.85. The highest BCUT2D eigenvalue weighted by Gasteiger charge is 1.94. The molecule has 126 valence electrons. The van der Waals surface area contributed by atoms with Gasteiger partial charge in [-0.1, -0.05) is 36.1 Å². The molecule has 1 N–H and O–H groups in total. The van der Waals surface area contributed by atoms with Crippen molar-refractivity contribution >= 4 is 18.9 Å². The summed E-state index contributed by atoms with van der Waals surface area (Å²) in [6.45, 7) is 7.93. The van der Waals surface area contributed by atoms with Gasteiger partial charge in [-0.3, -0.25) is 9.59 Å². The standard InChI is InChI=1S/C5H11NO.C3H7NO.C2H6.CHNO.3CH4/c1-5(2)6(3)4-7;1-4(2)3-5;1-2;2-1-3;;;/h4-5H,1-3H3;3H,1-2H3;1-2H3;2H;3*1H4. The molecule has 2 amide bonds. The van der Waals surface area contributed by atoms with Gasteiger partial charge in [-0.05, 0) is 13.8 Å². The van der Waals surface area contributed by atoms with E-state index in [1.54, 1.807) is 26.0 Å². The molecule has 0 aliphatic carbocycles. The fraction of sp³-hybridized carbons (Fsp3) is 0.786. The molecule has 0 aromatic rings. The number of rotatable bonds is 3. The second kappa shape index (κ2) is 43.3. The van der Waals surface area contributed by atoms with Gasteiger partial charge in [0, 0.05) is 27.2 Å². The molecule has 0 radical (unpaired) electrons. The minimum absolute atomic E-state index is 0. The summed E-state index contributed by atoms with van der Waals surface area (Å²) in [5, 5.41) is 5.40. The minimum atomic E-state index is 0. The molecule has 0 bridgehead atoms. The predicted molar refractivity (Wildman–Crippen MR) is 88.7 cm³/mol. The van der Waals surface area contributed by atoms with Gasteiger partial charge in [0.15, 0.2) is 0 Å². The number of hydrogen-bond donors (Lipinski definition) is 1. The van der Waals surface area contributed by atoms with E-state index in [0.717, 1.165) is 18.9 Å². The van der Waals surface area contributed by atoms with Crippen molar-refractivity contribution in [1.82, 2.24) is 9.80 Å². The van der Waals surface area contributed by atoms with Crippen LogP contribution in [0.2, 0.25) is 0 Å². The van der Waals surface area contributed by atoms with Gasteiger partial charge in [-0.25, -0.2) is 10.2 Å². The lowest BCUT2D eigenvalue weighted by Crippen LogP contribution is -2.23. The minimum Gasteiger partial charge on any atom is -0.351 e. The third-order valence-electron chi connectivity index (χ3n) is 1.19. The quantitative estimate of drug-likeness (QED) is 0.493. The van der Waals surface area contributed by atoms with Crippen LogP contribution in [0.3, 0.4) is 0 Å². The first-order valence-corrected chi connectivity index (χ1v) is 5.20. The Morgan fingerprint density at radius 1 is 0.950 bits per heavy atom. The first kappa shape index (κ1) is 42.9. The summed E-state index contributed by atoms with van der Waals surface area (Å²) in [5.41, 5.74) is 0. The molecule has 0 aliphatic rings. The lowest BCUT2D eigenvalue weighted by Gasteiger charge is -2.13. The van der Waals surface area contributed by atoms with E-state index in [2.05, 4.69) is 0 Å². The topological polar surface area (TPSA) is 81.5 Å². The Hall–Kier alpha value is -1.68. The molecule has 6 heteroatoms. The molecular formula is C14H37N3O3. The largest absolute Gasteiger partial charge is 0.351 e. The van der Waals surface area contributed by atoms with E-state index < -0.39 is 0 Å². The van der Waals surface area contributed by atoms with Gasteiger partial charge in [0.2, 0.25) is 18.9 Å². The number of hydrogen-bond acceptors (Lipinski definition) is 4. The van der Waals surface area contributed by atoms with Gasteiger partial charge in [0.25, 0.3) is 0 Å². The molecule has 0 atom stereocenters. The Morgan fingerprint density at radius 3 is 1.15 bits per heavy atom. The van der Waals surface area contributed by atoms with E-state index in [-0.39, 0.29) is 22.3 Å². The zero-order valence-electron chi connectivity index (χ0n) is 11.9. The highest BCUT2D eigenvalue weighted by atomic mass is 16.1. The monoisotopic (exact) mass is 295 g/mol. The van der Waals surface area contributed by atoms with Crippen LogP contribution in [0.4, 0.5) is 0 Å². The molecule has 6 nitrogen and oxygen atoms in total. The van der Waals surface area contributed by atoms with Gasteiger partial charge in [0.1, 0.15) is 0 Å². The van der Waals surface area contributed by atoms with Crippen LogP contribution in [0, 0.1) is 5.41 Å². The summed E-state index contributed by atoms with van der Waals surface area (Å²) in [5.74, 6) is 0. The van der Waals surface area contributed by atoms with Crippen LogP contribution in [0.1, 0.15) is 50.0 Å². The Bertz CT molecular complexity index is 190. The predicted octanol–water partition coefficient (Wildman–Crippen LogP) is 3.02. The van der Waals surface area contributed by atoms with Crippen molar-refractivity contribution < 1.29 is 14.4 Å². The third kappa shape index (κ3) is 95.9. The van der Waals surface area contributed by atoms with E-state index in [4.69, 9.17) is 10.2 Å². The second-order valence-corrected chi connectivity index (χ2v) is 3.04. The van der Waals surface area contributed by atoms with Crippen LogP contribution in [0.25, 0.3) is 0 Å². The van der Waals surface area contributed by atoms with Crippen LogP contribution >= 0.6 is 0 Å². The van der Waals surface area contributed by atoms with Crippen molar-refractivity contribution in [3.63, 3.8) is 0 Å². The van der Waals surface area contributed by atoms with Crippen LogP contribution in [0.5, 0.6) is 0 Å².